The normalized spacial score (nSPS) is 21.0. The van der Waals surface area contributed by atoms with E-state index in [-0.39, 0.29) is 23.7 Å². The lowest BCUT2D eigenvalue weighted by atomic mass is 10.1. The van der Waals surface area contributed by atoms with Gasteiger partial charge in [-0.25, -0.2) is 0 Å². The summed E-state index contributed by atoms with van der Waals surface area (Å²) in [5.74, 6) is 0. The molecular weight excluding hydrogens is 182 g/mol. The second kappa shape index (κ2) is 5.21. The lowest BCUT2D eigenvalue weighted by Crippen LogP contribution is -2.30. The van der Waals surface area contributed by atoms with Gasteiger partial charge in [0.05, 0.1) is 6.73 Å². The Bertz CT molecular complexity index is 64.1. The zero-order valence-electron chi connectivity index (χ0n) is 5.55. The molecule has 0 atom stereocenters. The van der Waals surface area contributed by atoms with Crippen molar-refractivity contribution >= 4 is 17.0 Å². The van der Waals surface area contributed by atoms with Crippen LogP contribution in [0.25, 0.3) is 0 Å². The van der Waals surface area contributed by atoms with Crippen LogP contribution in [0.2, 0.25) is 0 Å². The Kier molecular flexibility index (Phi) is 5.44. The van der Waals surface area contributed by atoms with Crippen LogP contribution >= 0.6 is 17.0 Å². The van der Waals surface area contributed by atoms with E-state index < -0.39 is 0 Å². The molecule has 1 aliphatic rings. The maximum atomic E-state index is 8.62. The molecular formula is C6H14BrNO. The molecule has 0 amide bonds. The van der Waals surface area contributed by atoms with Crippen LogP contribution in [-0.4, -0.2) is 29.8 Å². The molecule has 0 spiro atoms. The minimum Gasteiger partial charge on any atom is -0.381 e. The summed E-state index contributed by atoms with van der Waals surface area (Å²) in [6, 6.07) is 0. The molecule has 1 heterocycles. The predicted molar refractivity (Wildman–Crippen MR) is 42.8 cm³/mol. The fourth-order valence-electron chi connectivity index (χ4n) is 1.10. The van der Waals surface area contributed by atoms with Gasteiger partial charge in [-0.1, -0.05) is 6.42 Å². The largest absolute Gasteiger partial charge is 0.381 e. The van der Waals surface area contributed by atoms with Gasteiger partial charge in [0.2, 0.25) is 0 Å². The van der Waals surface area contributed by atoms with Crippen molar-refractivity contribution in [2.24, 2.45) is 0 Å². The Morgan fingerprint density at radius 3 is 2.00 bits per heavy atom. The van der Waals surface area contributed by atoms with E-state index in [4.69, 9.17) is 5.11 Å². The average Bonchev–Trinajstić information content (AvgIpc) is 1.90. The SMILES string of the molecule is Br.OCN1CCCCC1. The van der Waals surface area contributed by atoms with Gasteiger partial charge in [-0.3, -0.25) is 4.90 Å². The lowest BCUT2D eigenvalue weighted by Gasteiger charge is -2.23. The van der Waals surface area contributed by atoms with E-state index >= 15 is 0 Å². The van der Waals surface area contributed by atoms with E-state index in [2.05, 4.69) is 4.90 Å². The molecule has 1 aliphatic heterocycles. The summed E-state index contributed by atoms with van der Waals surface area (Å²) in [7, 11) is 0. The van der Waals surface area contributed by atoms with Crippen molar-refractivity contribution in [3.05, 3.63) is 0 Å². The third-order valence-electron chi connectivity index (χ3n) is 1.65. The molecule has 0 radical (unpaired) electrons. The van der Waals surface area contributed by atoms with E-state index in [9.17, 15) is 0 Å². The first-order valence-electron chi connectivity index (χ1n) is 3.26. The number of aliphatic hydroxyl groups is 1. The van der Waals surface area contributed by atoms with Gasteiger partial charge in [-0.2, -0.15) is 0 Å². The number of hydrogen-bond donors (Lipinski definition) is 1. The third kappa shape index (κ3) is 3.18. The summed E-state index contributed by atoms with van der Waals surface area (Å²) >= 11 is 0. The van der Waals surface area contributed by atoms with Crippen LogP contribution in [-0.2, 0) is 0 Å². The van der Waals surface area contributed by atoms with Crippen LogP contribution in [0, 0.1) is 0 Å². The summed E-state index contributed by atoms with van der Waals surface area (Å²) in [5, 5.41) is 8.62. The second-order valence-electron chi connectivity index (χ2n) is 2.32. The summed E-state index contributed by atoms with van der Waals surface area (Å²) in [5.41, 5.74) is 0. The van der Waals surface area contributed by atoms with Gasteiger partial charge in [-0.05, 0) is 12.8 Å². The van der Waals surface area contributed by atoms with Crippen LogP contribution in [0.5, 0.6) is 0 Å². The molecule has 1 N–H and O–H groups in total. The zero-order valence-corrected chi connectivity index (χ0v) is 7.26. The van der Waals surface area contributed by atoms with Crippen molar-refractivity contribution in [3.8, 4) is 0 Å². The summed E-state index contributed by atoms with van der Waals surface area (Å²) in [6.45, 7) is 2.44. The van der Waals surface area contributed by atoms with Crippen molar-refractivity contribution in [1.82, 2.24) is 4.90 Å². The van der Waals surface area contributed by atoms with Crippen molar-refractivity contribution < 1.29 is 5.11 Å². The average molecular weight is 196 g/mol. The van der Waals surface area contributed by atoms with Gasteiger partial charge in [0.15, 0.2) is 0 Å². The van der Waals surface area contributed by atoms with Gasteiger partial charge in [0.1, 0.15) is 0 Å². The van der Waals surface area contributed by atoms with E-state index in [0.29, 0.717) is 0 Å². The maximum absolute atomic E-state index is 8.62. The predicted octanol–water partition coefficient (Wildman–Crippen LogP) is 1.00. The summed E-state index contributed by atoms with van der Waals surface area (Å²) in [6.07, 6.45) is 3.87. The smallest absolute Gasteiger partial charge is 0.0956 e. The molecule has 0 bridgehead atoms. The Morgan fingerprint density at radius 2 is 1.67 bits per heavy atom. The van der Waals surface area contributed by atoms with E-state index in [1.54, 1.807) is 0 Å². The first kappa shape index (κ1) is 9.40. The number of aliphatic hydroxyl groups excluding tert-OH is 1. The van der Waals surface area contributed by atoms with Crippen molar-refractivity contribution in [2.45, 2.75) is 19.3 Å². The van der Waals surface area contributed by atoms with Gasteiger partial charge in [0.25, 0.3) is 0 Å². The van der Waals surface area contributed by atoms with Crippen LogP contribution in [0.1, 0.15) is 19.3 Å². The number of nitrogens with zero attached hydrogens (tertiary/aromatic N) is 1. The molecule has 9 heavy (non-hydrogen) atoms. The van der Waals surface area contributed by atoms with Crippen molar-refractivity contribution in [1.29, 1.82) is 0 Å². The molecule has 0 aromatic heterocycles. The molecule has 3 heteroatoms. The van der Waals surface area contributed by atoms with Gasteiger partial charge in [0, 0.05) is 13.1 Å². The molecule has 0 aromatic rings. The van der Waals surface area contributed by atoms with Crippen molar-refractivity contribution in [3.63, 3.8) is 0 Å². The minimum absolute atomic E-state index is 0. The first-order valence-corrected chi connectivity index (χ1v) is 3.26. The topological polar surface area (TPSA) is 23.5 Å². The molecule has 2 nitrogen and oxygen atoms in total. The number of piperidine rings is 1. The fourth-order valence-corrected chi connectivity index (χ4v) is 1.10. The second-order valence-corrected chi connectivity index (χ2v) is 2.32. The Balaban J connectivity index is 0.000000640. The van der Waals surface area contributed by atoms with Crippen LogP contribution in [0.4, 0.5) is 0 Å². The molecule has 0 unspecified atom stereocenters. The first-order chi connectivity index (χ1) is 3.93. The molecule has 0 saturated carbocycles. The number of likely N-dealkylation sites (tertiary alicyclic amines) is 1. The standard InChI is InChI=1S/C6H13NO.BrH/c8-6-7-4-2-1-3-5-7;/h8H,1-6H2;1H. The minimum atomic E-state index is 0. The molecule has 1 fully saturated rings. The molecule has 1 saturated heterocycles. The van der Waals surface area contributed by atoms with Gasteiger partial charge in [-0.15, -0.1) is 17.0 Å². The van der Waals surface area contributed by atoms with E-state index in [0.717, 1.165) is 13.1 Å². The summed E-state index contributed by atoms with van der Waals surface area (Å²) < 4.78 is 0. The van der Waals surface area contributed by atoms with Gasteiger partial charge >= 0.3 is 0 Å². The van der Waals surface area contributed by atoms with E-state index in [1.807, 2.05) is 0 Å². The number of halogens is 1. The molecule has 56 valence electrons. The monoisotopic (exact) mass is 195 g/mol. The molecule has 0 aromatic carbocycles. The maximum Gasteiger partial charge on any atom is 0.0956 e. The van der Waals surface area contributed by atoms with Crippen LogP contribution in [0.15, 0.2) is 0 Å². The Hall–Kier alpha value is 0.400. The quantitative estimate of drug-likeness (QED) is 0.676. The van der Waals surface area contributed by atoms with Crippen molar-refractivity contribution in [2.75, 3.05) is 19.8 Å². The highest BCUT2D eigenvalue weighted by atomic mass is 79.9. The molecule has 1 rings (SSSR count). The highest BCUT2D eigenvalue weighted by molar-refractivity contribution is 8.93. The van der Waals surface area contributed by atoms with Gasteiger partial charge < -0.3 is 5.11 Å². The summed E-state index contributed by atoms with van der Waals surface area (Å²) in [4.78, 5) is 2.07. The Labute approximate surface area is 66.6 Å². The van der Waals surface area contributed by atoms with Crippen LogP contribution in [0.3, 0.4) is 0 Å². The van der Waals surface area contributed by atoms with Crippen LogP contribution < -0.4 is 0 Å². The third-order valence-corrected chi connectivity index (χ3v) is 1.65. The highest BCUT2D eigenvalue weighted by Crippen LogP contribution is 2.06. The fraction of sp³-hybridized carbons (Fsp3) is 1.00. The number of rotatable bonds is 1. The van der Waals surface area contributed by atoms with E-state index in [1.165, 1.54) is 19.3 Å². The highest BCUT2D eigenvalue weighted by Gasteiger charge is 2.06. The molecule has 0 aliphatic carbocycles. The number of hydrogen-bond acceptors (Lipinski definition) is 2. The Morgan fingerprint density at radius 1 is 1.11 bits per heavy atom. The lowest BCUT2D eigenvalue weighted by molar-refractivity contribution is 0.0896. The zero-order chi connectivity index (χ0) is 5.82.